The van der Waals surface area contributed by atoms with E-state index in [0.717, 1.165) is 10.5 Å². The molecule has 1 saturated heterocycles. The van der Waals surface area contributed by atoms with Gasteiger partial charge in [0.25, 0.3) is 0 Å². The van der Waals surface area contributed by atoms with Crippen LogP contribution in [0.5, 0.6) is 11.5 Å². The van der Waals surface area contributed by atoms with E-state index in [1.165, 1.54) is 6.92 Å². The van der Waals surface area contributed by atoms with E-state index in [0.29, 0.717) is 24.6 Å². The quantitative estimate of drug-likeness (QED) is 0.810. The normalized spacial score (nSPS) is 18.6. The van der Waals surface area contributed by atoms with Crippen LogP contribution in [0.25, 0.3) is 0 Å². The van der Waals surface area contributed by atoms with Gasteiger partial charge in [0, 0.05) is 39.5 Å². The van der Waals surface area contributed by atoms with Crippen LogP contribution in [0, 0.1) is 5.92 Å². The van der Waals surface area contributed by atoms with Crippen molar-refractivity contribution in [3.8, 4) is 11.5 Å². The summed E-state index contributed by atoms with van der Waals surface area (Å²) in [4.78, 5) is 39.1. The van der Waals surface area contributed by atoms with Crippen LogP contribution in [0.15, 0.2) is 18.2 Å². The first-order chi connectivity index (χ1) is 12.0. The maximum Gasteiger partial charge on any atom is 0.234 e. The van der Waals surface area contributed by atoms with Crippen molar-refractivity contribution < 1.29 is 23.9 Å². The summed E-state index contributed by atoms with van der Waals surface area (Å²) in [6, 6.07) is 5.51. The van der Waals surface area contributed by atoms with Gasteiger partial charge in [0.15, 0.2) is 11.5 Å². The third-order valence-corrected chi connectivity index (χ3v) is 4.37. The highest BCUT2D eigenvalue weighted by molar-refractivity contribution is 5.98. The molecule has 3 amide bonds. The van der Waals surface area contributed by atoms with Crippen molar-refractivity contribution in [1.29, 1.82) is 0 Å². The number of ether oxygens (including phenoxy) is 2. The van der Waals surface area contributed by atoms with Crippen LogP contribution in [0.4, 0.5) is 0 Å². The Balaban J connectivity index is 1.66. The molecule has 2 aliphatic rings. The minimum absolute atomic E-state index is 0.104. The zero-order chi connectivity index (χ0) is 18.0. The van der Waals surface area contributed by atoms with Gasteiger partial charge in [-0.2, -0.15) is 0 Å². The number of carbonyl (C=O) groups excluding carboxylic acids is 3. The molecule has 0 aromatic heterocycles. The lowest BCUT2D eigenvalue weighted by atomic mass is 10.1. The summed E-state index contributed by atoms with van der Waals surface area (Å²) in [7, 11) is 0. The van der Waals surface area contributed by atoms with Gasteiger partial charge < -0.3 is 20.1 Å². The Hall–Kier alpha value is -2.61. The Bertz CT molecular complexity index is 706. The van der Waals surface area contributed by atoms with Crippen molar-refractivity contribution in [3.63, 3.8) is 0 Å². The molecule has 134 valence electrons. The molecule has 3 rings (SSSR count). The standard InChI is InChI=1S/C17H21N3O5/c1-11(21)20(5-4-18)17(23)13-7-16(22)19(9-13)8-12-2-3-14-15(6-12)25-10-24-14/h2-3,6,13H,4-5,7-10,18H2,1H3. The van der Waals surface area contributed by atoms with E-state index in [4.69, 9.17) is 15.2 Å². The fraction of sp³-hybridized carbons (Fsp3) is 0.471. The zero-order valence-electron chi connectivity index (χ0n) is 14.1. The average molecular weight is 347 g/mol. The second-order valence-corrected chi connectivity index (χ2v) is 6.16. The SMILES string of the molecule is CC(=O)N(CCN)C(=O)C1CC(=O)N(Cc2ccc3c(c2)OCO3)C1. The van der Waals surface area contributed by atoms with E-state index in [-0.39, 0.29) is 44.0 Å². The summed E-state index contributed by atoms with van der Waals surface area (Å²) in [5, 5.41) is 0. The van der Waals surface area contributed by atoms with E-state index in [1.54, 1.807) is 11.0 Å². The fourth-order valence-electron chi connectivity index (χ4n) is 3.12. The van der Waals surface area contributed by atoms with E-state index >= 15 is 0 Å². The summed E-state index contributed by atoms with van der Waals surface area (Å²) in [6.07, 6.45) is 0.109. The van der Waals surface area contributed by atoms with Crippen molar-refractivity contribution in [1.82, 2.24) is 9.80 Å². The molecule has 1 atom stereocenters. The van der Waals surface area contributed by atoms with Crippen LogP contribution in [-0.4, -0.2) is 53.9 Å². The molecule has 0 radical (unpaired) electrons. The van der Waals surface area contributed by atoms with Crippen molar-refractivity contribution in [3.05, 3.63) is 23.8 Å². The molecule has 2 aliphatic heterocycles. The number of likely N-dealkylation sites (tertiary alicyclic amines) is 1. The summed E-state index contributed by atoms with van der Waals surface area (Å²) < 4.78 is 10.6. The molecule has 25 heavy (non-hydrogen) atoms. The molecule has 1 aromatic rings. The monoisotopic (exact) mass is 347 g/mol. The molecule has 1 unspecified atom stereocenters. The smallest absolute Gasteiger partial charge is 0.234 e. The Kier molecular flexibility index (Phi) is 4.89. The molecule has 0 saturated carbocycles. The van der Waals surface area contributed by atoms with Crippen LogP contribution in [0.1, 0.15) is 18.9 Å². The van der Waals surface area contributed by atoms with Gasteiger partial charge in [-0.15, -0.1) is 0 Å². The van der Waals surface area contributed by atoms with Crippen LogP contribution in [0.2, 0.25) is 0 Å². The third kappa shape index (κ3) is 3.58. The summed E-state index contributed by atoms with van der Waals surface area (Å²) in [6.45, 7) is 2.57. The first-order valence-electron chi connectivity index (χ1n) is 8.18. The Morgan fingerprint density at radius 3 is 2.80 bits per heavy atom. The maximum atomic E-state index is 12.5. The van der Waals surface area contributed by atoms with Crippen molar-refractivity contribution in [2.24, 2.45) is 11.7 Å². The minimum atomic E-state index is -0.517. The van der Waals surface area contributed by atoms with Crippen molar-refractivity contribution >= 4 is 17.7 Å². The van der Waals surface area contributed by atoms with Gasteiger partial charge in [0.1, 0.15) is 0 Å². The van der Waals surface area contributed by atoms with Gasteiger partial charge in [0.2, 0.25) is 24.5 Å². The molecule has 0 aliphatic carbocycles. The van der Waals surface area contributed by atoms with Gasteiger partial charge >= 0.3 is 0 Å². The fourth-order valence-corrected chi connectivity index (χ4v) is 3.12. The number of hydrogen-bond acceptors (Lipinski definition) is 6. The topological polar surface area (TPSA) is 102 Å². The minimum Gasteiger partial charge on any atom is -0.454 e. The van der Waals surface area contributed by atoms with Gasteiger partial charge in [-0.05, 0) is 17.7 Å². The summed E-state index contributed by atoms with van der Waals surface area (Å²) in [5.74, 6) is 0.0340. The molecular formula is C17H21N3O5. The van der Waals surface area contributed by atoms with E-state index in [9.17, 15) is 14.4 Å². The summed E-state index contributed by atoms with van der Waals surface area (Å²) in [5.41, 5.74) is 6.36. The van der Waals surface area contributed by atoms with E-state index in [2.05, 4.69) is 0 Å². The van der Waals surface area contributed by atoms with Gasteiger partial charge in [0.05, 0.1) is 5.92 Å². The molecule has 1 aromatic carbocycles. The molecule has 0 spiro atoms. The van der Waals surface area contributed by atoms with Crippen LogP contribution < -0.4 is 15.2 Å². The molecule has 8 nitrogen and oxygen atoms in total. The Morgan fingerprint density at radius 1 is 1.32 bits per heavy atom. The first-order valence-corrected chi connectivity index (χ1v) is 8.18. The van der Waals surface area contributed by atoms with Gasteiger partial charge in [-0.1, -0.05) is 6.07 Å². The van der Waals surface area contributed by atoms with E-state index < -0.39 is 5.92 Å². The molecule has 1 fully saturated rings. The van der Waals surface area contributed by atoms with Crippen LogP contribution in [0.3, 0.4) is 0 Å². The van der Waals surface area contributed by atoms with Gasteiger partial charge in [-0.25, -0.2) is 0 Å². The number of benzene rings is 1. The zero-order valence-corrected chi connectivity index (χ0v) is 14.1. The molecule has 0 bridgehead atoms. The lowest BCUT2D eigenvalue weighted by molar-refractivity contribution is -0.146. The number of nitrogens with two attached hydrogens (primary N) is 1. The number of imide groups is 1. The Labute approximate surface area is 145 Å². The molecule has 2 heterocycles. The maximum absolute atomic E-state index is 12.5. The first kappa shape index (κ1) is 17.2. The number of hydrogen-bond donors (Lipinski definition) is 1. The summed E-state index contributed by atoms with van der Waals surface area (Å²) >= 11 is 0. The van der Waals surface area contributed by atoms with Crippen molar-refractivity contribution in [2.75, 3.05) is 26.4 Å². The van der Waals surface area contributed by atoms with Crippen LogP contribution >= 0.6 is 0 Å². The number of carbonyl (C=O) groups is 3. The van der Waals surface area contributed by atoms with Gasteiger partial charge in [-0.3, -0.25) is 19.3 Å². The van der Waals surface area contributed by atoms with Crippen LogP contribution in [-0.2, 0) is 20.9 Å². The number of amides is 3. The number of rotatable bonds is 5. The lowest BCUT2D eigenvalue weighted by Crippen LogP contribution is -2.43. The lowest BCUT2D eigenvalue weighted by Gasteiger charge is -2.22. The average Bonchev–Trinajstić information content (AvgIpc) is 3.18. The molecular weight excluding hydrogens is 326 g/mol. The number of fused-ring (bicyclic) bond motifs is 1. The van der Waals surface area contributed by atoms with E-state index in [1.807, 2.05) is 12.1 Å². The second-order valence-electron chi connectivity index (χ2n) is 6.16. The highest BCUT2D eigenvalue weighted by Gasteiger charge is 2.37. The second kappa shape index (κ2) is 7.10. The Morgan fingerprint density at radius 2 is 2.08 bits per heavy atom. The molecule has 2 N–H and O–H groups in total. The third-order valence-electron chi connectivity index (χ3n) is 4.37. The van der Waals surface area contributed by atoms with Crippen molar-refractivity contribution in [2.45, 2.75) is 19.9 Å². The largest absolute Gasteiger partial charge is 0.454 e. The predicted molar refractivity (Wildman–Crippen MR) is 87.5 cm³/mol. The molecule has 8 heteroatoms. The highest BCUT2D eigenvalue weighted by Crippen LogP contribution is 2.33. The predicted octanol–water partition coefficient (Wildman–Crippen LogP) is 0.0976. The number of nitrogens with zero attached hydrogens (tertiary/aromatic N) is 2. The highest BCUT2D eigenvalue weighted by atomic mass is 16.7.